The minimum atomic E-state index is -4.39. The van der Waals surface area contributed by atoms with Gasteiger partial charge in [0.2, 0.25) is 0 Å². The molecule has 1 N–H and O–H groups in total. The van der Waals surface area contributed by atoms with Crippen molar-refractivity contribution in [2.45, 2.75) is 70.8 Å². The van der Waals surface area contributed by atoms with Crippen LogP contribution < -0.4 is 10.3 Å². The molecule has 1 fully saturated rings. The third-order valence-corrected chi connectivity index (χ3v) is 10.7. The van der Waals surface area contributed by atoms with E-state index in [9.17, 15) is 27.9 Å². The first-order chi connectivity index (χ1) is 22.8. The Morgan fingerprint density at radius 3 is 2.58 bits per heavy atom. The van der Waals surface area contributed by atoms with Crippen LogP contribution in [0.3, 0.4) is 0 Å². The number of hydrogen-bond donors (Lipinski definition) is 1. The van der Waals surface area contributed by atoms with Crippen molar-refractivity contribution in [3.63, 3.8) is 0 Å². The minimum absolute atomic E-state index is 0.0587. The molecule has 6 rings (SSSR count). The van der Waals surface area contributed by atoms with Crippen LogP contribution in [0.5, 0.6) is 5.75 Å². The second kappa shape index (κ2) is 13.8. The number of ether oxygens (including phenoxy) is 2. The van der Waals surface area contributed by atoms with Gasteiger partial charge in [-0.2, -0.15) is 13.2 Å². The Kier molecular flexibility index (Phi) is 9.85. The number of aromatic nitrogens is 3. The van der Waals surface area contributed by atoms with E-state index in [1.165, 1.54) is 11.3 Å². The Morgan fingerprint density at radius 2 is 1.90 bits per heavy atom. The molecule has 0 saturated carbocycles. The highest BCUT2D eigenvalue weighted by atomic mass is 35.5. The molecule has 9 nitrogen and oxygen atoms in total. The van der Waals surface area contributed by atoms with Crippen LogP contribution in [0.2, 0.25) is 5.02 Å². The topological polar surface area (TPSA) is 107 Å². The SMILES string of the molecule is CO[C@H](C1CCN([C@H]2CCc3nc(C)n(CCOc4ccc(Cl)cc4-c4cc(C)nc5c(C(=O)O)csc45)c(=O)c3C2)CC1)C(F)(F)F. The van der Waals surface area contributed by atoms with Crippen LogP contribution in [-0.2, 0) is 24.1 Å². The third kappa shape index (κ3) is 6.83. The summed E-state index contributed by atoms with van der Waals surface area (Å²) < 4.78 is 53.6. The third-order valence-electron chi connectivity index (χ3n) is 9.47. The van der Waals surface area contributed by atoms with Crippen molar-refractivity contribution in [3.8, 4) is 16.9 Å². The summed E-state index contributed by atoms with van der Waals surface area (Å²) >= 11 is 7.68. The summed E-state index contributed by atoms with van der Waals surface area (Å²) in [7, 11) is 1.12. The van der Waals surface area contributed by atoms with Crippen molar-refractivity contribution in [2.24, 2.45) is 5.92 Å². The lowest BCUT2D eigenvalue weighted by atomic mass is 9.86. The molecule has 3 aromatic heterocycles. The normalized spacial score (nSPS) is 18.2. The molecule has 2 aliphatic rings. The fourth-order valence-corrected chi connectivity index (χ4v) is 8.32. The van der Waals surface area contributed by atoms with E-state index < -0.39 is 24.2 Å². The number of aryl methyl sites for hydroxylation is 3. The van der Waals surface area contributed by atoms with Gasteiger partial charge >= 0.3 is 12.1 Å². The number of halogens is 4. The van der Waals surface area contributed by atoms with Gasteiger partial charge < -0.3 is 19.5 Å². The minimum Gasteiger partial charge on any atom is -0.491 e. The first-order valence-electron chi connectivity index (χ1n) is 15.8. The number of pyridine rings is 1. The summed E-state index contributed by atoms with van der Waals surface area (Å²) in [6.07, 6.45) is -3.44. The molecule has 256 valence electrons. The number of carbonyl (C=O) groups is 1. The molecule has 0 bridgehead atoms. The quantitative estimate of drug-likeness (QED) is 0.205. The van der Waals surface area contributed by atoms with Gasteiger partial charge in [0.05, 0.1) is 28.0 Å². The number of nitrogens with zero attached hydrogens (tertiary/aromatic N) is 4. The highest BCUT2D eigenvalue weighted by Crippen LogP contribution is 2.40. The Morgan fingerprint density at radius 1 is 1.15 bits per heavy atom. The van der Waals surface area contributed by atoms with Gasteiger partial charge in [0.15, 0.2) is 6.10 Å². The first-order valence-corrected chi connectivity index (χ1v) is 17.1. The predicted molar refractivity (Wildman–Crippen MR) is 177 cm³/mol. The molecule has 14 heteroatoms. The van der Waals surface area contributed by atoms with Crippen LogP contribution in [-0.4, -0.2) is 75.6 Å². The van der Waals surface area contributed by atoms with Crippen LogP contribution in [0.4, 0.5) is 13.2 Å². The second-order valence-corrected chi connectivity index (χ2v) is 13.8. The Labute approximate surface area is 284 Å². The lowest BCUT2D eigenvalue weighted by Gasteiger charge is -2.41. The van der Waals surface area contributed by atoms with Crippen LogP contribution in [0.15, 0.2) is 34.4 Å². The molecule has 48 heavy (non-hydrogen) atoms. The van der Waals surface area contributed by atoms with Gasteiger partial charge in [0, 0.05) is 45.9 Å². The van der Waals surface area contributed by atoms with Crippen molar-refractivity contribution < 1.29 is 32.5 Å². The van der Waals surface area contributed by atoms with Gasteiger partial charge in [-0.1, -0.05) is 11.6 Å². The van der Waals surface area contributed by atoms with Crippen LogP contribution in [0.25, 0.3) is 21.3 Å². The van der Waals surface area contributed by atoms with E-state index >= 15 is 0 Å². The number of benzene rings is 1. The van der Waals surface area contributed by atoms with Crippen molar-refractivity contribution in [1.82, 2.24) is 19.4 Å². The molecule has 1 aliphatic heterocycles. The van der Waals surface area contributed by atoms with E-state index in [4.69, 9.17) is 26.1 Å². The number of aromatic carboxylic acids is 1. The van der Waals surface area contributed by atoms with Gasteiger partial charge in [-0.15, -0.1) is 11.3 Å². The van der Waals surface area contributed by atoms with Gasteiger partial charge in [-0.3, -0.25) is 14.3 Å². The zero-order chi connectivity index (χ0) is 34.3. The number of likely N-dealkylation sites (tertiary alicyclic amines) is 1. The fraction of sp³-hybridized carbons (Fsp3) is 0.471. The van der Waals surface area contributed by atoms with Crippen LogP contribution in [0.1, 0.15) is 52.4 Å². The summed E-state index contributed by atoms with van der Waals surface area (Å²) in [4.78, 5) is 37.1. The number of alkyl halides is 3. The fourth-order valence-electron chi connectivity index (χ4n) is 7.14. The second-order valence-electron chi connectivity index (χ2n) is 12.4. The molecule has 0 amide bonds. The summed E-state index contributed by atoms with van der Waals surface area (Å²) in [5, 5.41) is 11.7. The number of fused-ring (bicyclic) bond motifs is 2. The zero-order valence-corrected chi connectivity index (χ0v) is 28.3. The smallest absolute Gasteiger partial charge is 0.414 e. The number of hydrogen-bond acceptors (Lipinski definition) is 8. The lowest BCUT2D eigenvalue weighted by molar-refractivity contribution is -0.232. The lowest BCUT2D eigenvalue weighted by Crippen LogP contribution is -2.49. The number of piperidine rings is 1. The molecule has 4 heterocycles. The molecule has 1 aromatic carbocycles. The summed E-state index contributed by atoms with van der Waals surface area (Å²) in [5.41, 5.74) is 3.93. The molecule has 0 unspecified atom stereocenters. The van der Waals surface area contributed by atoms with Gasteiger partial charge in [-0.05, 0) is 89.2 Å². The van der Waals surface area contributed by atoms with Crippen LogP contribution in [0, 0.1) is 19.8 Å². The first kappa shape index (κ1) is 34.3. The van der Waals surface area contributed by atoms with E-state index in [1.807, 2.05) is 6.07 Å². The summed E-state index contributed by atoms with van der Waals surface area (Å²) in [6.45, 7) is 5.05. The number of carboxylic acids is 1. The zero-order valence-electron chi connectivity index (χ0n) is 26.8. The number of thiophene rings is 1. The predicted octanol–water partition coefficient (Wildman–Crippen LogP) is 6.71. The molecular formula is C34H36ClF3N4O5S. The van der Waals surface area contributed by atoms with Crippen molar-refractivity contribution >= 4 is 39.1 Å². The van der Waals surface area contributed by atoms with Gasteiger partial charge in [-0.25, -0.2) is 9.78 Å². The Bertz CT molecular complexity index is 1900. The van der Waals surface area contributed by atoms with E-state index in [-0.39, 0.29) is 30.3 Å². The van der Waals surface area contributed by atoms with Crippen molar-refractivity contribution in [2.75, 3.05) is 26.8 Å². The average molecular weight is 705 g/mol. The van der Waals surface area contributed by atoms with E-state index in [0.717, 1.165) is 24.8 Å². The Hall–Kier alpha value is -3.52. The molecule has 0 spiro atoms. The molecule has 4 aromatic rings. The molecular weight excluding hydrogens is 669 g/mol. The average Bonchev–Trinajstić information content (AvgIpc) is 3.47. The van der Waals surface area contributed by atoms with E-state index in [1.54, 1.807) is 42.0 Å². The maximum absolute atomic E-state index is 13.8. The van der Waals surface area contributed by atoms with Gasteiger partial charge in [0.1, 0.15) is 18.2 Å². The molecule has 2 atom stereocenters. The number of carboxylic acid groups (broad SMARTS) is 1. The maximum Gasteiger partial charge on any atom is 0.414 e. The Balaban J connectivity index is 1.18. The number of rotatable bonds is 9. The van der Waals surface area contributed by atoms with Crippen molar-refractivity contribution in [3.05, 3.63) is 73.4 Å². The number of methoxy groups -OCH3 is 1. The molecule has 1 aliphatic carbocycles. The monoisotopic (exact) mass is 704 g/mol. The van der Waals surface area contributed by atoms with Gasteiger partial charge in [0.25, 0.3) is 5.56 Å². The van der Waals surface area contributed by atoms with E-state index in [0.29, 0.717) is 82.4 Å². The highest BCUT2D eigenvalue weighted by Gasteiger charge is 2.46. The standard InChI is InChI=1S/C34H36ClF3N4O5S/c1-18-14-24(30-29(39-18)26(17-48-30)33(44)45)23-15-21(35)4-7-28(23)47-13-12-42-19(2)40-27-6-5-22(16-25(27)32(42)43)41-10-8-20(9-11-41)31(46-3)34(36,37)38/h4,7,14-15,17,20,22,31H,5-6,8-13,16H2,1-3H3,(H,44,45)/t22-,31+/m0/s1. The summed E-state index contributed by atoms with van der Waals surface area (Å²) in [5.74, 6) is -0.518. The largest absolute Gasteiger partial charge is 0.491 e. The maximum atomic E-state index is 13.8. The molecule has 0 radical (unpaired) electrons. The molecule has 1 saturated heterocycles. The summed E-state index contributed by atoms with van der Waals surface area (Å²) in [6, 6.07) is 7.16. The highest BCUT2D eigenvalue weighted by molar-refractivity contribution is 7.18. The van der Waals surface area contributed by atoms with Crippen molar-refractivity contribution in [1.29, 1.82) is 0 Å². The van der Waals surface area contributed by atoms with E-state index in [2.05, 4.69) is 9.88 Å². The van der Waals surface area contributed by atoms with Crippen LogP contribution >= 0.6 is 22.9 Å².